The average Bonchev–Trinajstić information content (AvgIpc) is 2.51. The molecule has 0 fully saturated rings. The number of ether oxygens (including phenoxy) is 1. The maximum absolute atomic E-state index is 13.6. The molecule has 0 aliphatic rings. The molecule has 0 saturated heterocycles. The zero-order valence-electron chi connectivity index (χ0n) is 12.2. The van der Waals surface area contributed by atoms with Crippen molar-refractivity contribution in [2.24, 2.45) is 0 Å². The number of methoxy groups -OCH3 is 1. The highest BCUT2D eigenvalue weighted by molar-refractivity contribution is 5.41. The van der Waals surface area contributed by atoms with E-state index in [4.69, 9.17) is 4.74 Å². The molecular formula is C15H19FN4O. The minimum Gasteiger partial charge on any atom is -0.497 e. The number of hydrogen-bond acceptors (Lipinski definition) is 5. The third kappa shape index (κ3) is 4.30. The molecular weight excluding hydrogens is 271 g/mol. The van der Waals surface area contributed by atoms with Gasteiger partial charge in [-0.1, -0.05) is 12.1 Å². The molecule has 1 heterocycles. The minimum absolute atomic E-state index is 0.212. The predicted octanol–water partition coefficient (Wildman–Crippen LogP) is 2.71. The molecule has 2 rings (SSSR count). The molecule has 0 bridgehead atoms. The molecule has 112 valence electrons. The molecule has 6 heteroatoms. The second-order valence-electron chi connectivity index (χ2n) is 4.45. The van der Waals surface area contributed by atoms with Crippen LogP contribution >= 0.6 is 0 Å². The molecule has 0 amide bonds. The monoisotopic (exact) mass is 290 g/mol. The van der Waals surface area contributed by atoms with Crippen LogP contribution < -0.4 is 15.4 Å². The fraction of sp³-hybridized carbons (Fsp3) is 0.333. The molecule has 21 heavy (non-hydrogen) atoms. The van der Waals surface area contributed by atoms with Crippen LogP contribution in [-0.4, -0.2) is 30.2 Å². The fourth-order valence-corrected chi connectivity index (χ4v) is 1.89. The van der Waals surface area contributed by atoms with E-state index in [0.717, 1.165) is 17.7 Å². The van der Waals surface area contributed by atoms with Crippen molar-refractivity contribution in [3.8, 4) is 5.75 Å². The number of rotatable bonds is 7. The summed E-state index contributed by atoms with van der Waals surface area (Å²) in [7, 11) is 1.63. The Morgan fingerprint density at radius 3 is 2.90 bits per heavy atom. The number of nitrogens with one attached hydrogen (secondary N) is 2. The minimum atomic E-state index is -0.456. The van der Waals surface area contributed by atoms with Crippen LogP contribution in [0.15, 0.2) is 30.5 Å². The van der Waals surface area contributed by atoms with E-state index in [2.05, 4.69) is 20.6 Å². The number of hydrogen-bond donors (Lipinski definition) is 2. The van der Waals surface area contributed by atoms with Gasteiger partial charge in [-0.2, -0.15) is 4.98 Å². The number of anilines is 2. The largest absolute Gasteiger partial charge is 0.497 e. The predicted molar refractivity (Wildman–Crippen MR) is 81.3 cm³/mol. The molecule has 0 spiro atoms. The summed E-state index contributed by atoms with van der Waals surface area (Å²) in [6.07, 6.45) is 1.91. The lowest BCUT2D eigenvalue weighted by atomic mass is 10.1. The van der Waals surface area contributed by atoms with Crippen LogP contribution in [0.1, 0.15) is 12.5 Å². The molecule has 0 aliphatic carbocycles. The number of halogens is 1. The van der Waals surface area contributed by atoms with Crippen LogP contribution in [0.4, 0.5) is 16.2 Å². The van der Waals surface area contributed by atoms with E-state index in [0.29, 0.717) is 19.0 Å². The van der Waals surface area contributed by atoms with E-state index >= 15 is 0 Å². The summed E-state index contributed by atoms with van der Waals surface area (Å²) < 4.78 is 18.8. The third-order valence-electron chi connectivity index (χ3n) is 2.92. The lowest BCUT2D eigenvalue weighted by Gasteiger charge is -2.09. The molecule has 2 aromatic rings. The van der Waals surface area contributed by atoms with Gasteiger partial charge in [-0.05, 0) is 31.0 Å². The van der Waals surface area contributed by atoms with Crippen LogP contribution in [-0.2, 0) is 6.42 Å². The van der Waals surface area contributed by atoms with E-state index < -0.39 is 5.82 Å². The van der Waals surface area contributed by atoms with E-state index in [1.54, 1.807) is 7.11 Å². The number of aromatic nitrogens is 2. The van der Waals surface area contributed by atoms with Crippen molar-refractivity contribution in [1.82, 2.24) is 9.97 Å². The number of nitrogens with zero attached hydrogens (tertiary/aromatic N) is 2. The molecule has 2 N–H and O–H groups in total. The summed E-state index contributed by atoms with van der Waals surface area (Å²) in [5.74, 6) is 0.990. The normalized spacial score (nSPS) is 10.2. The van der Waals surface area contributed by atoms with Crippen molar-refractivity contribution in [2.75, 3.05) is 30.8 Å². The van der Waals surface area contributed by atoms with E-state index in [9.17, 15) is 4.39 Å². The van der Waals surface area contributed by atoms with Crippen molar-refractivity contribution in [2.45, 2.75) is 13.3 Å². The first-order valence-corrected chi connectivity index (χ1v) is 6.86. The van der Waals surface area contributed by atoms with Gasteiger partial charge in [0.2, 0.25) is 5.95 Å². The molecule has 0 radical (unpaired) electrons. The van der Waals surface area contributed by atoms with Crippen molar-refractivity contribution >= 4 is 11.8 Å². The SMILES string of the molecule is CCNc1ncc(F)c(NCCc2cccc(OC)c2)n1. The highest BCUT2D eigenvalue weighted by Crippen LogP contribution is 2.14. The molecule has 0 atom stereocenters. The van der Waals surface area contributed by atoms with Crippen LogP contribution in [0.3, 0.4) is 0 Å². The Balaban J connectivity index is 1.94. The van der Waals surface area contributed by atoms with Gasteiger partial charge in [0.25, 0.3) is 0 Å². The van der Waals surface area contributed by atoms with Crippen molar-refractivity contribution in [1.29, 1.82) is 0 Å². The highest BCUT2D eigenvalue weighted by atomic mass is 19.1. The Morgan fingerprint density at radius 2 is 2.14 bits per heavy atom. The van der Waals surface area contributed by atoms with E-state index in [1.807, 2.05) is 31.2 Å². The van der Waals surface area contributed by atoms with Gasteiger partial charge in [0.15, 0.2) is 11.6 Å². The molecule has 1 aromatic carbocycles. The Morgan fingerprint density at radius 1 is 1.29 bits per heavy atom. The molecule has 5 nitrogen and oxygen atoms in total. The quantitative estimate of drug-likeness (QED) is 0.821. The molecule has 1 aromatic heterocycles. The Kier molecular flexibility index (Phi) is 5.31. The molecule has 0 unspecified atom stereocenters. The van der Waals surface area contributed by atoms with E-state index in [-0.39, 0.29) is 5.82 Å². The van der Waals surface area contributed by atoms with Crippen molar-refractivity contribution in [3.63, 3.8) is 0 Å². The van der Waals surface area contributed by atoms with Crippen molar-refractivity contribution in [3.05, 3.63) is 41.8 Å². The maximum Gasteiger partial charge on any atom is 0.224 e. The van der Waals surface area contributed by atoms with Gasteiger partial charge in [0, 0.05) is 13.1 Å². The second kappa shape index (κ2) is 7.42. The first-order valence-electron chi connectivity index (χ1n) is 6.86. The number of benzene rings is 1. The second-order valence-corrected chi connectivity index (χ2v) is 4.45. The zero-order valence-corrected chi connectivity index (χ0v) is 12.2. The Bertz CT molecular complexity index is 592. The zero-order chi connectivity index (χ0) is 15.1. The molecule has 0 saturated carbocycles. The maximum atomic E-state index is 13.6. The van der Waals surface area contributed by atoms with Crippen LogP contribution in [0.25, 0.3) is 0 Å². The van der Waals surface area contributed by atoms with Gasteiger partial charge < -0.3 is 15.4 Å². The van der Waals surface area contributed by atoms with Gasteiger partial charge in [0.05, 0.1) is 13.3 Å². The van der Waals surface area contributed by atoms with E-state index in [1.165, 1.54) is 6.20 Å². The first kappa shape index (κ1) is 15.0. The fourth-order valence-electron chi connectivity index (χ4n) is 1.89. The standard InChI is InChI=1S/C15H19FN4O/c1-3-17-15-19-10-13(16)14(20-15)18-8-7-11-5-4-6-12(9-11)21-2/h4-6,9-10H,3,7-8H2,1-2H3,(H2,17,18,19,20). The van der Waals surface area contributed by atoms with Crippen molar-refractivity contribution < 1.29 is 9.13 Å². The topological polar surface area (TPSA) is 59.1 Å². The van der Waals surface area contributed by atoms with Gasteiger partial charge in [-0.3, -0.25) is 0 Å². The lowest BCUT2D eigenvalue weighted by Crippen LogP contribution is -2.11. The highest BCUT2D eigenvalue weighted by Gasteiger charge is 2.06. The van der Waals surface area contributed by atoms with Crippen LogP contribution in [0.2, 0.25) is 0 Å². The Hall–Kier alpha value is -2.37. The molecule has 0 aliphatic heterocycles. The third-order valence-corrected chi connectivity index (χ3v) is 2.92. The summed E-state index contributed by atoms with van der Waals surface area (Å²) in [6.45, 7) is 3.20. The van der Waals surface area contributed by atoms with Crippen LogP contribution in [0.5, 0.6) is 5.75 Å². The summed E-state index contributed by atoms with van der Waals surface area (Å²) in [6, 6.07) is 7.79. The Labute approximate surface area is 123 Å². The summed E-state index contributed by atoms with van der Waals surface area (Å²) >= 11 is 0. The van der Waals surface area contributed by atoms with Gasteiger partial charge in [-0.25, -0.2) is 9.37 Å². The van der Waals surface area contributed by atoms with Gasteiger partial charge in [0.1, 0.15) is 5.75 Å². The summed E-state index contributed by atoms with van der Waals surface area (Å²) in [5.41, 5.74) is 1.11. The average molecular weight is 290 g/mol. The van der Waals surface area contributed by atoms with Gasteiger partial charge >= 0.3 is 0 Å². The lowest BCUT2D eigenvalue weighted by molar-refractivity contribution is 0.414. The smallest absolute Gasteiger partial charge is 0.224 e. The van der Waals surface area contributed by atoms with Crippen LogP contribution in [0, 0.1) is 5.82 Å². The summed E-state index contributed by atoms with van der Waals surface area (Å²) in [5, 5.41) is 5.94. The first-order chi connectivity index (χ1) is 10.2. The van der Waals surface area contributed by atoms with Gasteiger partial charge in [-0.15, -0.1) is 0 Å². The summed E-state index contributed by atoms with van der Waals surface area (Å²) in [4.78, 5) is 7.96.